The summed E-state index contributed by atoms with van der Waals surface area (Å²) in [6, 6.07) is 5.25. The van der Waals surface area contributed by atoms with Gasteiger partial charge in [0.2, 0.25) is 5.91 Å². The molecule has 1 aliphatic carbocycles. The van der Waals surface area contributed by atoms with E-state index in [4.69, 9.17) is 5.73 Å². The third-order valence-corrected chi connectivity index (χ3v) is 3.77. The normalized spacial score (nSPS) is 21.2. The lowest BCUT2D eigenvalue weighted by Crippen LogP contribution is -2.35. The minimum atomic E-state index is -4.75. The summed E-state index contributed by atoms with van der Waals surface area (Å²) in [5, 5.41) is 2.59. The molecule has 2 unspecified atom stereocenters. The fourth-order valence-electron chi connectivity index (χ4n) is 2.71. The maximum atomic E-state index is 12.2. The van der Waals surface area contributed by atoms with Crippen LogP contribution in [0.15, 0.2) is 24.3 Å². The number of anilines is 1. The van der Waals surface area contributed by atoms with E-state index in [1.165, 1.54) is 18.2 Å². The van der Waals surface area contributed by atoms with Crippen LogP contribution in [0.2, 0.25) is 0 Å². The second kappa shape index (κ2) is 8.40. The highest BCUT2D eigenvalue weighted by molar-refractivity contribution is 5.91. The van der Waals surface area contributed by atoms with Crippen LogP contribution in [0.3, 0.4) is 0 Å². The number of carbonyl (C=O) groups excluding carboxylic acids is 1. The maximum Gasteiger partial charge on any atom is 0.573 e. The van der Waals surface area contributed by atoms with E-state index in [2.05, 4.69) is 10.1 Å². The highest BCUT2D eigenvalue weighted by Gasteiger charge is 2.31. The highest BCUT2D eigenvalue weighted by Crippen LogP contribution is 2.27. The molecule has 8 heteroatoms. The topological polar surface area (TPSA) is 64.4 Å². The zero-order chi connectivity index (χ0) is 16.2. The van der Waals surface area contributed by atoms with Gasteiger partial charge in [-0.25, -0.2) is 0 Å². The molecule has 4 nitrogen and oxygen atoms in total. The molecule has 1 amide bonds. The van der Waals surface area contributed by atoms with Gasteiger partial charge in [-0.05, 0) is 30.9 Å². The maximum absolute atomic E-state index is 12.2. The largest absolute Gasteiger partial charge is 0.573 e. The molecule has 0 saturated heterocycles. The van der Waals surface area contributed by atoms with Crippen molar-refractivity contribution in [1.82, 2.24) is 0 Å². The first-order chi connectivity index (χ1) is 10.3. The molecule has 0 bridgehead atoms. The number of carbonyl (C=O) groups is 1. The molecule has 0 aliphatic heterocycles. The Morgan fingerprint density at radius 3 is 2.65 bits per heavy atom. The third-order valence-electron chi connectivity index (χ3n) is 3.77. The number of nitrogens with one attached hydrogen (secondary N) is 1. The van der Waals surface area contributed by atoms with Crippen LogP contribution in [0, 0.1) is 5.92 Å². The second-order valence-electron chi connectivity index (χ2n) is 5.54. The summed E-state index contributed by atoms with van der Waals surface area (Å²) in [6.07, 6.45) is -0.516. The zero-order valence-electron chi connectivity index (χ0n) is 12.4. The first-order valence-corrected chi connectivity index (χ1v) is 7.25. The molecule has 23 heavy (non-hydrogen) atoms. The molecule has 0 heterocycles. The fraction of sp³-hybridized carbons (Fsp3) is 0.533. The van der Waals surface area contributed by atoms with E-state index in [1.54, 1.807) is 0 Å². The third kappa shape index (κ3) is 6.66. The lowest BCUT2D eigenvalue weighted by molar-refractivity contribution is -0.274. The molecule has 0 spiro atoms. The molecule has 1 saturated carbocycles. The van der Waals surface area contributed by atoms with Crippen molar-refractivity contribution in [3.63, 3.8) is 0 Å². The summed E-state index contributed by atoms with van der Waals surface area (Å²) in [5.74, 6) is -0.477. The van der Waals surface area contributed by atoms with Crippen LogP contribution in [0.5, 0.6) is 5.75 Å². The Labute approximate surface area is 139 Å². The van der Waals surface area contributed by atoms with Crippen LogP contribution >= 0.6 is 12.4 Å². The van der Waals surface area contributed by atoms with Gasteiger partial charge in [-0.2, -0.15) is 0 Å². The Morgan fingerprint density at radius 2 is 2.00 bits per heavy atom. The van der Waals surface area contributed by atoms with Gasteiger partial charge in [0, 0.05) is 24.2 Å². The smallest absolute Gasteiger partial charge is 0.406 e. The molecular weight excluding hydrogens is 333 g/mol. The van der Waals surface area contributed by atoms with Gasteiger partial charge in [-0.1, -0.05) is 18.9 Å². The van der Waals surface area contributed by atoms with Gasteiger partial charge in [0.1, 0.15) is 5.75 Å². The Balaban J connectivity index is 0.00000264. The molecule has 1 aromatic rings. The number of rotatable bonds is 4. The SMILES string of the molecule is Cl.NC1CCCCC1CC(=O)Nc1cccc(OC(F)(F)F)c1. The van der Waals surface area contributed by atoms with E-state index in [0.717, 1.165) is 31.7 Å². The molecule has 0 radical (unpaired) electrons. The highest BCUT2D eigenvalue weighted by atomic mass is 35.5. The average Bonchev–Trinajstić information content (AvgIpc) is 2.40. The summed E-state index contributed by atoms with van der Waals surface area (Å²) in [5.41, 5.74) is 6.26. The fourth-order valence-corrected chi connectivity index (χ4v) is 2.71. The lowest BCUT2D eigenvalue weighted by atomic mass is 9.83. The van der Waals surface area contributed by atoms with E-state index in [1.807, 2.05) is 0 Å². The molecule has 2 rings (SSSR count). The van der Waals surface area contributed by atoms with Crippen molar-refractivity contribution in [3.05, 3.63) is 24.3 Å². The van der Waals surface area contributed by atoms with E-state index in [-0.39, 0.29) is 48.1 Å². The average molecular weight is 353 g/mol. The van der Waals surface area contributed by atoms with Crippen molar-refractivity contribution < 1.29 is 22.7 Å². The van der Waals surface area contributed by atoms with Gasteiger partial charge < -0.3 is 15.8 Å². The standard InChI is InChI=1S/C15H19F3N2O2.ClH/c16-15(17,18)22-12-6-3-5-11(9-12)20-14(21)8-10-4-1-2-7-13(10)19;/h3,5-6,9-10,13H,1-2,4,7-8,19H2,(H,20,21);1H. The number of amides is 1. The van der Waals surface area contributed by atoms with Crippen molar-refractivity contribution in [2.75, 3.05) is 5.32 Å². The van der Waals surface area contributed by atoms with E-state index in [9.17, 15) is 18.0 Å². The quantitative estimate of drug-likeness (QED) is 0.865. The number of halogens is 4. The number of hydrogen-bond donors (Lipinski definition) is 2. The van der Waals surface area contributed by atoms with Crippen LogP contribution in [0.1, 0.15) is 32.1 Å². The number of hydrogen-bond acceptors (Lipinski definition) is 3. The summed E-state index contributed by atoms with van der Waals surface area (Å²) in [4.78, 5) is 12.0. The van der Waals surface area contributed by atoms with Crippen LogP contribution in [0.25, 0.3) is 0 Å². The summed E-state index contributed by atoms with van der Waals surface area (Å²) in [7, 11) is 0. The summed E-state index contributed by atoms with van der Waals surface area (Å²) >= 11 is 0. The number of nitrogens with two attached hydrogens (primary N) is 1. The lowest BCUT2D eigenvalue weighted by Gasteiger charge is -2.27. The molecule has 1 fully saturated rings. The van der Waals surface area contributed by atoms with Gasteiger partial charge in [-0.15, -0.1) is 25.6 Å². The van der Waals surface area contributed by atoms with Crippen molar-refractivity contribution in [2.45, 2.75) is 44.5 Å². The van der Waals surface area contributed by atoms with Crippen LogP contribution < -0.4 is 15.8 Å². The Bertz CT molecular complexity index is 526. The molecule has 0 aromatic heterocycles. The molecule has 1 aromatic carbocycles. The van der Waals surface area contributed by atoms with Crippen molar-refractivity contribution >= 4 is 24.0 Å². The van der Waals surface area contributed by atoms with Crippen molar-refractivity contribution in [2.24, 2.45) is 11.7 Å². The van der Waals surface area contributed by atoms with Gasteiger partial charge >= 0.3 is 6.36 Å². The molecule has 2 atom stereocenters. The van der Waals surface area contributed by atoms with Gasteiger partial charge in [0.05, 0.1) is 0 Å². The minimum absolute atomic E-state index is 0. The van der Waals surface area contributed by atoms with E-state index in [0.29, 0.717) is 0 Å². The van der Waals surface area contributed by atoms with Crippen LogP contribution in [-0.2, 0) is 4.79 Å². The van der Waals surface area contributed by atoms with Crippen molar-refractivity contribution in [3.8, 4) is 5.75 Å². The van der Waals surface area contributed by atoms with E-state index >= 15 is 0 Å². The minimum Gasteiger partial charge on any atom is -0.406 e. The number of alkyl halides is 3. The monoisotopic (exact) mass is 352 g/mol. The van der Waals surface area contributed by atoms with Crippen LogP contribution in [0.4, 0.5) is 18.9 Å². The number of ether oxygens (including phenoxy) is 1. The first kappa shape index (κ1) is 19.6. The van der Waals surface area contributed by atoms with Crippen LogP contribution in [-0.4, -0.2) is 18.3 Å². The molecular formula is C15H20ClF3N2O2. The van der Waals surface area contributed by atoms with Gasteiger partial charge in [-0.3, -0.25) is 4.79 Å². The summed E-state index contributed by atoms with van der Waals surface area (Å²) in [6.45, 7) is 0. The van der Waals surface area contributed by atoms with E-state index < -0.39 is 6.36 Å². The molecule has 3 N–H and O–H groups in total. The zero-order valence-corrected chi connectivity index (χ0v) is 13.3. The number of benzene rings is 1. The van der Waals surface area contributed by atoms with Crippen molar-refractivity contribution in [1.29, 1.82) is 0 Å². The Kier molecular flexibility index (Phi) is 7.15. The van der Waals surface area contributed by atoms with Gasteiger partial charge in [0.15, 0.2) is 0 Å². The first-order valence-electron chi connectivity index (χ1n) is 7.25. The Morgan fingerprint density at radius 1 is 1.30 bits per heavy atom. The van der Waals surface area contributed by atoms with Gasteiger partial charge in [0.25, 0.3) is 0 Å². The predicted octanol–water partition coefficient (Wildman–Crippen LogP) is 3.85. The predicted molar refractivity (Wildman–Crippen MR) is 83.6 cm³/mol. The Hall–Kier alpha value is -1.47. The second-order valence-corrected chi connectivity index (χ2v) is 5.54. The summed E-state index contributed by atoms with van der Waals surface area (Å²) < 4.78 is 40.3. The molecule has 1 aliphatic rings. The molecule has 130 valence electrons.